The summed E-state index contributed by atoms with van der Waals surface area (Å²) in [6.45, 7) is 3.99. The van der Waals surface area contributed by atoms with Crippen LogP contribution in [0.4, 0.5) is 5.69 Å². The fraction of sp³-hybridized carbons (Fsp3) is 0.333. The quantitative estimate of drug-likeness (QED) is 0.687. The zero-order chi connectivity index (χ0) is 20.2. The van der Waals surface area contributed by atoms with E-state index in [2.05, 4.69) is 21.2 Å². The maximum absolute atomic E-state index is 13.3. The highest BCUT2D eigenvalue weighted by molar-refractivity contribution is 9.10. The molecule has 28 heavy (non-hydrogen) atoms. The van der Waals surface area contributed by atoms with Gasteiger partial charge < -0.3 is 15.0 Å². The number of thiocarbonyl (C=S) groups is 1. The number of hydrogen-bond acceptors (Lipinski definition) is 3. The Morgan fingerprint density at radius 3 is 2.57 bits per heavy atom. The Kier molecular flexibility index (Phi) is 4.62. The van der Waals surface area contributed by atoms with Crippen LogP contribution in [0.5, 0.6) is 5.75 Å². The van der Waals surface area contributed by atoms with Crippen molar-refractivity contribution in [3.63, 3.8) is 0 Å². The summed E-state index contributed by atoms with van der Waals surface area (Å²) in [6, 6.07) is 13.7. The van der Waals surface area contributed by atoms with Crippen molar-refractivity contribution in [2.24, 2.45) is 5.92 Å². The van der Waals surface area contributed by atoms with Gasteiger partial charge in [-0.1, -0.05) is 33.6 Å². The van der Waals surface area contributed by atoms with Gasteiger partial charge >= 0.3 is 0 Å². The number of anilines is 1. The number of amides is 1. The fourth-order valence-corrected chi connectivity index (χ4v) is 4.88. The molecular weight excluding hydrogens is 438 g/mol. The van der Waals surface area contributed by atoms with Crippen LogP contribution >= 0.6 is 28.1 Å². The average Bonchev–Trinajstić information content (AvgIpc) is 2.63. The molecule has 3 atom stereocenters. The van der Waals surface area contributed by atoms with Crippen LogP contribution in [0.15, 0.2) is 46.9 Å². The van der Waals surface area contributed by atoms with Gasteiger partial charge in [0.25, 0.3) is 0 Å². The van der Waals surface area contributed by atoms with Crippen LogP contribution < -0.4 is 15.0 Å². The summed E-state index contributed by atoms with van der Waals surface area (Å²) in [7, 11) is 3.54. The number of nitrogens with zero attached hydrogens (tertiary/aromatic N) is 2. The Hall–Kier alpha value is -2.12. The van der Waals surface area contributed by atoms with Gasteiger partial charge in [0.15, 0.2) is 10.8 Å². The zero-order valence-corrected chi connectivity index (χ0v) is 18.6. The van der Waals surface area contributed by atoms with Crippen molar-refractivity contribution in [1.29, 1.82) is 0 Å². The van der Waals surface area contributed by atoms with Gasteiger partial charge in [-0.2, -0.15) is 0 Å². The normalized spacial score (nSPS) is 25.5. The summed E-state index contributed by atoms with van der Waals surface area (Å²) >= 11 is 9.26. The lowest BCUT2D eigenvalue weighted by atomic mass is 9.78. The number of benzene rings is 2. The minimum absolute atomic E-state index is 0.00904. The van der Waals surface area contributed by atoms with Crippen molar-refractivity contribution in [3.05, 3.63) is 58.1 Å². The monoisotopic (exact) mass is 459 g/mol. The second kappa shape index (κ2) is 6.74. The number of nitrogens with one attached hydrogen (secondary N) is 1. The van der Waals surface area contributed by atoms with Gasteiger partial charge in [-0.05, 0) is 56.4 Å². The van der Waals surface area contributed by atoms with Crippen LogP contribution in [-0.2, 0) is 4.79 Å². The molecule has 1 fully saturated rings. The van der Waals surface area contributed by atoms with E-state index in [-0.39, 0.29) is 11.9 Å². The molecule has 0 saturated carbocycles. The highest BCUT2D eigenvalue weighted by Crippen LogP contribution is 2.50. The first-order valence-corrected chi connectivity index (χ1v) is 10.3. The van der Waals surface area contributed by atoms with E-state index >= 15 is 0 Å². The molecule has 5 nitrogen and oxygen atoms in total. The predicted octanol–water partition coefficient (Wildman–Crippen LogP) is 4.01. The van der Waals surface area contributed by atoms with Gasteiger partial charge in [-0.3, -0.25) is 9.69 Å². The maximum Gasteiger partial charge on any atom is 0.233 e. The van der Waals surface area contributed by atoms with E-state index in [4.69, 9.17) is 17.0 Å². The molecule has 0 aliphatic carbocycles. The van der Waals surface area contributed by atoms with E-state index in [1.165, 1.54) is 0 Å². The molecule has 2 bridgehead atoms. The minimum Gasteiger partial charge on any atom is -0.467 e. The first-order chi connectivity index (χ1) is 13.2. The van der Waals surface area contributed by atoms with Crippen molar-refractivity contribution in [3.8, 4) is 5.75 Å². The van der Waals surface area contributed by atoms with Crippen LogP contribution in [0, 0.1) is 12.8 Å². The van der Waals surface area contributed by atoms with Crippen LogP contribution in [-0.4, -0.2) is 35.7 Å². The molecule has 0 radical (unpaired) electrons. The Morgan fingerprint density at radius 1 is 1.25 bits per heavy atom. The molecule has 4 rings (SSSR count). The molecule has 1 N–H and O–H groups in total. The lowest BCUT2D eigenvalue weighted by molar-refractivity contribution is -0.144. The van der Waals surface area contributed by atoms with E-state index < -0.39 is 11.6 Å². The molecular formula is C21H22BrN3O2S. The van der Waals surface area contributed by atoms with Gasteiger partial charge in [-0.15, -0.1) is 0 Å². The van der Waals surface area contributed by atoms with Crippen molar-refractivity contribution in [2.45, 2.75) is 25.6 Å². The first kappa shape index (κ1) is 19.2. The predicted molar refractivity (Wildman–Crippen MR) is 117 cm³/mol. The molecule has 0 spiro atoms. The molecule has 1 amide bonds. The van der Waals surface area contributed by atoms with Gasteiger partial charge in [0.1, 0.15) is 11.7 Å². The number of carbonyl (C=O) groups excluding carboxylic acids is 1. The molecule has 0 aromatic heterocycles. The lowest BCUT2D eigenvalue weighted by Crippen LogP contribution is -2.72. The molecule has 2 aromatic rings. The van der Waals surface area contributed by atoms with Crippen molar-refractivity contribution in [2.75, 3.05) is 19.0 Å². The standard InChI is InChI=1S/C21H22BrN3O2S/c1-12-5-8-14(9-6-12)25-20(28)23-18-15-11-13(22)7-10-16(15)27-21(25,2)17(18)19(26)24(3)4/h5-11,17-18H,1-4H3,(H,23,28)/t17-,18+,21+/m1/s1. The molecule has 2 aliphatic rings. The van der Waals surface area contributed by atoms with Gasteiger partial charge in [0, 0.05) is 29.8 Å². The van der Waals surface area contributed by atoms with Gasteiger partial charge in [-0.25, -0.2) is 0 Å². The molecule has 0 unspecified atom stereocenters. The topological polar surface area (TPSA) is 44.8 Å². The highest BCUT2D eigenvalue weighted by Gasteiger charge is 2.59. The van der Waals surface area contributed by atoms with Crippen LogP contribution in [0.3, 0.4) is 0 Å². The summed E-state index contributed by atoms with van der Waals surface area (Å²) in [5, 5.41) is 3.96. The third-order valence-corrected chi connectivity index (χ3v) is 6.25. The number of fused-ring (bicyclic) bond motifs is 4. The maximum atomic E-state index is 13.3. The Labute approximate surface area is 178 Å². The average molecular weight is 460 g/mol. The second-order valence-electron chi connectivity index (χ2n) is 7.65. The zero-order valence-electron chi connectivity index (χ0n) is 16.2. The second-order valence-corrected chi connectivity index (χ2v) is 8.95. The van der Waals surface area contributed by atoms with Crippen molar-refractivity contribution in [1.82, 2.24) is 10.2 Å². The largest absolute Gasteiger partial charge is 0.467 e. The van der Waals surface area contributed by atoms with Crippen LogP contribution in [0.1, 0.15) is 24.1 Å². The molecule has 7 heteroatoms. The molecule has 2 heterocycles. The smallest absolute Gasteiger partial charge is 0.233 e. The number of ether oxygens (including phenoxy) is 1. The number of hydrogen-bond donors (Lipinski definition) is 1. The van der Waals surface area contributed by atoms with Gasteiger partial charge in [0.05, 0.1) is 6.04 Å². The Morgan fingerprint density at radius 2 is 1.93 bits per heavy atom. The summed E-state index contributed by atoms with van der Waals surface area (Å²) in [6.07, 6.45) is 0. The third-order valence-electron chi connectivity index (χ3n) is 5.46. The number of aryl methyl sites for hydroxylation is 1. The lowest BCUT2D eigenvalue weighted by Gasteiger charge is -2.56. The number of halogens is 1. The van der Waals surface area contributed by atoms with E-state index in [9.17, 15) is 4.79 Å². The van der Waals surface area contributed by atoms with E-state index in [1.54, 1.807) is 19.0 Å². The van der Waals surface area contributed by atoms with Gasteiger partial charge in [0.2, 0.25) is 5.91 Å². The SMILES string of the molecule is Cc1ccc(N2C(=S)N[C@H]3c4cc(Br)ccc4O[C@@]2(C)[C@H]3C(=O)N(C)C)cc1. The summed E-state index contributed by atoms with van der Waals surface area (Å²) < 4.78 is 7.46. The fourth-order valence-electron chi connectivity index (χ4n) is 4.09. The van der Waals surface area contributed by atoms with E-state index in [0.29, 0.717) is 5.11 Å². The highest BCUT2D eigenvalue weighted by atomic mass is 79.9. The Bertz CT molecular complexity index is 963. The van der Waals surface area contributed by atoms with Crippen LogP contribution in [0.2, 0.25) is 0 Å². The van der Waals surface area contributed by atoms with E-state index in [0.717, 1.165) is 27.0 Å². The summed E-state index contributed by atoms with van der Waals surface area (Å²) in [4.78, 5) is 16.8. The minimum atomic E-state index is -0.954. The van der Waals surface area contributed by atoms with E-state index in [1.807, 2.05) is 61.2 Å². The van der Waals surface area contributed by atoms with Crippen molar-refractivity contribution < 1.29 is 9.53 Å². The molecule has 2 aromatic carbocycles. The number of rotatable bonds is 2. The summed E-state index contributed by atoms with van der Waals surface area (Å²) in [5.41, 5.74) is 2.02. The molecule has 1 saturated heterocycles. The molecule has 146 valence electrons. The van der Waals surface area contributed by atoms with Crippen LogP contribution in [0.25, 0.3) is 0 Å². The Balaban J connectivity index is 1.91. The third kappa shape index (κ3) is 2.88. The van der Waals surface area contributed by atoms with Crippen molar-refractivity contribution >= 4 is 44.9 Å². The molecule has 2 aliphatic heterocycles. The number of carbonyl (C=O) groups is 1. The summed E-state index contributed by atoms with van der Waals surface area (Å²) in [5.74, 6) is 0.271. The first-order valence-electron chi connectivity index (χ1n) is 9.09.